The van der Waals surface area contributed by atoms with Crippen LogP contribution in [0, 0.1) is 0 Å². The molecular formula is C49H36N2. The lowest BCUT2D eigenvalue weighted by molar-refractivity contribution is 0.660. The molecule has 51 heavy (non-hydrogen) atoms. The average molecular weight is 653 g/mol. The Morgan fingerprint density at radius 1 is 0.314 bits per heavy atom. The number of hydrogen-bond donors (Lipinski definition) is 0. The zero-order valence-electron chi connectivity index (χ0n) is 28.7. The van der Waals surface area contributed by atoms with E-state index in [0.29, 0.717) is 5.82 Å². The normalized spacial score (nSPS) is 12.7. The molecular weight excluding hydrogens is 617 g/mol. The topological polar surface area (TPSA) is 25.8 Å². The van der Waals surface area contributed by atoms with Gasteiger partial charge in [0.15, 0.2) is 5.82 Å². The molecule has 0 spiro atoms. The minimum absolute atomic E-state index is 0.00501. The van der Waals surface area contributed by atoms with E-state index < -0.39 is 0 Å². The fraction of sp³-hybridized carbons (Fsp3) is 0.0612. The fourth-order valence-corrected chi connectivity index (χ4v) is 7.58. The molecule has 7 aromatic carbocycles. The van der Waals surface area contributed by atoms with E-state index in [2.05, 4.69) is 159 Å². The van der Waals surface area contributed by atoms with Crippen molar-refractivity contribution in [3.63, 3.8) is 0 Å². The van der Waals surface area contributed by atoms with Gasteiger partial charge in [0.05, 0.1) is 11.4 Å². The SMILES string of the molecule is CC1(C)c2ccccc2-c2cc(-c3cccc(-c4cccc(-c5cccc(-c6nc(-c7ccccc7)cc(-c7ccccc7)n6)c5)c4)c3)ccc21. The Labute approximate surface area is 299 Å². The molecule has 0 atom stereocenters. The molecule has 0 fully saturated rings. The number of fused-ring (bicyclic) bond motifs is 3. The Bertz CT molecular complexity index is 2490. The van der Waals surface area contributed by atoms with Crippen molar-refractivity contribution in [2.24, 2.45) is 0 Å². The first-order valence-electron chi connectivity index (χ1n) is 17.6. The highest BCUT2D eigenvalue weighted by molar-refractivity contribution is 5.86. The van der Waals surface area contributed by atoms with Crippen molar-refractivity contribution in [3.05, 3.63) is 193 Å². The summed E-state index contributed by atoms with van der Waals surface area (Å²) in [6.07, 6.45) is 0. The summed E-state index contributed by atoms with van der Waals surface area (Å²) < 4.78 is 0. The van der Waals surface area contributed by atoms with Crippen LogP contribution >= 0.6 is 0 Å². The van der Waals surface area contributed by atoms with Crippen molar-refractivity contribution >= 4 is 0 Å². The van der Waals surface area contributed by atoms with Crippen molar-refractivity contribution in [3.8, 4) is 78.4 Å². The third kappa shape index (κ3) is 5.65. The fourth-order valence-electron chi connectivity index (χ4n) is 7.58. The van der Waals surface area contributed by atoms with Gasteiger partial charge in [-0.1, -0.05) is 166 Å². The third-order valence-electron chi connectivity index (χ3n) is 10.3. The first-order valence-corrected chi connectivity index (χ1v) is 17.6. The lowest BCUT2D eigenvalue weighted by atomic mass is 9.82. The van der Waals surface area contributed by atoms with Crippen LogP contribution in [0.4, 0.5) is 0 Å². The summed E-state index contributed by atoms with van der Waals surface area (Å²) in [5.41, 5.74) is 17.5. The van der Waals surface area contributed by atoms with Crippen LogP contribution in [-0.4, -0.2) is 9.97 Å². The van der Waals surface area contributed by atoms with Crippen molar-refractivity contribution < 1.29 is 0 Å². The molecule has 8 aromatic rings. The van der Waals surface area contributed by atoms with Gasteiger partial charge in [-0.2, -0.15) is 0 Å². The van der Waals surface area contributed by atoms with Crippen LogP contribution < -0.4 is 0 Å². The quantitative estimate of drug-likeness (QED) is 0.179. The Morgan fingerprint density at radius 2 is 0.725 bits per heavy atom. The van der Waals surface area contributed by atoms with Crippen LogP contribution in [0.15, 0.2) is 182 Å². The highest BCUT2D eigenvalue weighted by atomic mass is 14.9. The van der Waals surface area contributed by atoms with Gasteiger partial charge >= 0.3 is 0 Å². The van der Waals surface area contributed by atoms with E-state index in [1.54, 1.807) is 0 Å². The molecule has 2 nitrogen and oxygen atoms in total. The van der Waals surface area contributed by atoms with E-state index >= 15 is 0 Å². The molecule has 0 amide bonds. The van der Waals surface area contributed by atoms with Crippen molar-refractivity contribution in [2.45, 2.75) is 19.3 Å². The molecule has 0 saturated heterocycles. The number of nitrogens with zero attached hydrogens (tertiary/aromatic N) is 2. The minimum atomic E-state index is 0.00501. The number of rotatable bonds is 6. The average Bonchev–Trinajstić information content (AvgIpc) is 3.44. The van der Waals surface area contributed by atoms with Crippen LogP contribution in [-0.2, 0) is 5.41 Å². The van der Waals surface area contributed by atoms with E-state index in [9.17, 15) is 0 Å². The lowest BCUT2D eigenvalue weighted by Gasteiger charge is -2.21. The predicted octanol–water partition coefficient (Wildman–Crippen LogP) is 12.8. The molecule has 0 unspecified atom stereocenters. The summed E-state index contributed by atoms with van der Waals surface area (Å²) in [4.78, 5) is 10.1. The standard InChI is InChI=1S/C49H36N2/c1-49(2)44-25-10-9-24-42(44)43-31-40(26-27-45(43)49)38-21-12-19-36(29-38)35-18-11-20-37(28-35)39-22-13-23-41(30-39)48-50-46(33-14-5-3-6-15-33)32-47(51-48)34-16-7-4-8-17-34/h3-32H,1-2H3. The van der Waals surface area contributed by atoms with Crippen molar-refractivity contribution in [2.75, 3.05) is 0 Å². The molecule has 9 rings (SSSR count). The molecule has 0 bridgehead atoms. The second-order valence-electron chi connectivity index (χ2n) is 13.9. The smallest absolute Gasteiger partial charge is 0.160 e. The molecule has 0 N–H and O–H groups in total. The zero-order chi connectivity index (χ0) is 34.4. The van der Waals surface area contributed by atoms with E-state index in [1.807, 2.05) is 36.4 Å². The maximum Gasteiger partial charge on any atom is 0.160 e. The Balaban J connectivity index is 1.06. The molecule has 0 radical (unpaired) electrons. The summed E-state index contributed by atoms with van der Waals surface area (Å²) >= 11 is 0. The van der Waals surface area contributed by atoms with E-state index in [4.69, 9.17) is 9.97 Å². The predicted molar refractivity (Wildman–Crippen MR) is 212 cm³/mol. The summed E-state index contributed by atoms with van der Waals surface area (Å²) in [6.45, 7) is 4.66. The van der Waals surface area contributed by atoms with Gasteiger partial charge in [-0.3, -0.25) is 0 Å². The monoisotopic (exact) mass is 652 g/mol. The summed E-state index contributed by atoms with van der Waals surface area (Å²) in [5.74, 6) is 0.710. The summed E-state index contributed by atoms with van der Waals surface area (Å²) in [5, 5.41) is 0. The Hall–Kier alpha value is -6.38. The molecule has 242 valence electrons. The third-order valence-corrected chi connectivity index (χ3v) is 10.3. The molecule has 1 aromatic heterocycles. The Morgan fingerprint density at radius 3 is 1.27 bits per heavy atom. The van der Waals surface area contributed by atoms with Crippen LogP contribution in [0.2, 0.25) is 0 Å². The molecule has 2 heteroatoms. The first-order chi connectivity index (χ1) is 25.0. The van der Waals surface area contributed by atoms with Crippen LogP contribution in [0.5, 0.6) is 0 Å². The van der Waals surface area contributed by atoms with Gasteiger partial charge in [-0.15, -0.1) is 0 Å². The van der Waals surface area contributed by atoms with Gasteiger partial charge < -0.3 is 0 Å². The molecule has 0 aliphatic heterocycles. The van der Waals surface area contributed by atoms with E-state index in [0.717, 1.165) is 39.2 Å². The molecule has 1 aliphatic carbocycles. The largest absolute Gasteiger partial charge is 0.228 e. The van der Waals surface area contributed by atoms with Gasteiger partial charge in [0.2, 0.25) is 0 Å². The minimum Gasteiger partial charge on any atom is -0.228 e. The van der Waals surface area contributed by atoms with Crippen LogP contribution in [0.1, 0.15) is 25.0 Å². The van der Waals surface area contributed by atoms with Crippen molar-refractivity contribution in [1.29, 1.82) is 0 Å². The second-order valence-corrected chi connectivity index (χ2v) is 13.9. The van der Waals surface area contributed by atoms with Crippen molar-refractivity contribution in [1.82, 2.24) is 9.97 Å². The second kappa shape index (κ2) is 12.5. The van der Waals surface area contributed by atoms with E-state index in [-0.39, 0.29) is 5.41 Å². The highest BCUT2D eigenvalue weighted by Crippen LogP contribution is 2.49. The van der Waals surface area contributed by atoms with E-state index in [1.165, 1.54) is 44.5 Å². The highest BCUT2D eigenvalue weighted by Gasteiger charge is 2.35. The van der Waals surface area contributed by atoms with Crippen LogP contribution in [0.25, 0.3) is 78.4 Å². The van der Waals surface area contributed by atoms with Gasteiger partial charge in [-0.25, -0.2) is 9.97 Å². The number of benzene rings is 7. The molecule has 0 saturated carbocycles. The van der Waals surface area contributed by atoms with Gasteiger partial charge in [0, 0.05) is 22.1 Å². The summed E-state index contributed by atoms with van der Waals surface area (Å²) in [6, 6.07) is 64.9. The van der Waals surface area contributed by atoms with Gasteiger partial charge in [0.25, 0.3) is 0 Å². The molecule has 1 aliphatic rings. The van der Waals surface area contributed by atoms with Crippen LogP contribution in [0.3, 0.4) is 0 Å². The summed E-state index contributed by atoms with van der Waals surface area (Å²) in [7, 11) is 0. The maximum absolute atomic E-state index is 5.07. The van der Waals surface area contributed by atoms with Gasteiger partial charge in [0.1, 0.15) is 0 Å². The Kier molecular flexibility index (Phi) is 7.51. The lowest BCUT2D eigenvalue weighted by Crippen LogP contribution is -2.14. The zero-order valence-corrected chi connectivity index (χ0v) is 28.7. The van der Waals surface area contributed by atoms with Gasteiger partial charge in [-0.05, 0) is 86.0 Å². The molecule has 1 heterocycles. The first kappa shape index (κ1) is 30.7. The number of aromatic nitrogens is 2. The number of hydrogen-bond acceptors (Lipinski definition) is 2. The maximum atomic E-state index is 5.07.